The van der Waals surface area contributed by atoms with Crippen LogP contribution in [0.4, 0.5) is 0 Å². The minimum Gasteiger partial charge on any atom is -0.244 e. The van der Waals surface area contributed by atoms with E-state index in [2.05, 4.69) is 20.9 Å². The van der Waals surface area contributed by atoms with E-state index in [4.69, 9.17) is 0 Å². The first-order valence-electron chi connectivity index (χ1n) is 4.53. The molecule has 0 aliphatic heterocycles. The molecule has 2 rings (SSSR count). The van der Waals surface area contributed by atoms with Gasteiger partial charge in [0.05, 0.1) is 4.90 Å². The average Bonchev–Trinajstić information content (AvgIpc) is 2.30. The van der Waals surface area contributed by atoms with Crippen LogP contribution in [0.2, 0.25) is 0 Å². The lowest BCUT2D eigenvalue weighted by molar-refractivity contribution is 0.592. The van der Waals surface area contributed by atoms with Crippen LogP contribution in [0.1, 0.15) is 0 Å². The van der Waals surface area contributed by atoms with Gasteiger partial charge in [0.25, 0.3) is 0 Å². The van der Waals surface area contributed by atoms with Gasteiger partial charge in [-0.2, -0.15) is 0 Å². The highest BCUT2D eigenvalue weighted by Crippen LogP contribution is 2.26. The zero-order valence-electron chi connectivity index (χ0n) is 8.17. The van der Waals surface area contributed by atoms with Crippen molar-refractivity contribution in [3.05, 3.63) is 53.1 Å². The van der Waals surface area contributed by atoms with Crippen LogP contribution in [0.25, 0.3) is 0 Å². The Morgan fingerprint density at radius 1 is 1.00 bits per heavy atom. The number of hydrogen-bond donors (Lipinski definition) is 0. The number of benzene rings is 1. The molecule has 0 radical (unpaired) electrons. The second-order valence-corrected chi connectivity index (χ2v) is 5.82. The summed E-state index contributed by atoms with van der Waals surface area (Å²) in [4.78, 5) is 4.09. The van der Waals surface area contributed by atoms with Crippen LogP contribution in [0.3, 0.4) is 0 Å². The summed E-state index contributed by atoms with van der Waals surface area (Å²) < 4.78 is 24.9. The van der Waals surface area contributed by atoms with Crippen LogP contribution in [0.5, 0.6) is 0 Å². The number of halogens is 1. The Kier molecular flexibility index (Phi) is 3.07. The van der Waals surface area contributed by atoms with Gasteiger partial charge in [0.1, 0.15) is 0 Å². The second-order valence-electron chi connectivity index (χ2n) is 3.10. The van der Waals surface area contributed by atoms with Gasteiger partial charge in [0, 0.05) is 10.7 Å². The molecule has 0 atom stereocenters. The molecule has 0 bridgehead atoms. The lowest BCUT2D eigenvalue weighted by atomic mass is 10.4. The molecule has 5 heteroatoms. The minimum atomic E-state index is -3.53. The van der Waals surface area contributed by atoms with Crippen LogP contribution in [-0.4, -0.2) is 13.4 Å². The molecule has 0 saturated carbocycles. The van der Waals surface area contributed by atoms with Crippen molar-refractivity contribution in [3.8, 4) is 0 Å². The molecule has 82 valence electrons. The van der Waals surface area contributed by atoms with Gasteiger partial charge in [0.15, 0.2) is 5.03 Å². The van der Waals surface area contributed by atoms with Crippen molar-refractivity contribution in [2.24, 2.45) is 0 Å². The van der Waals surface area contributed by atoms with Gasteiger partial charge < -0.3 is 0 Å². The fourth-order valence-electron chi connectivity index (χ4n) is 1.28. The number of nitrogens with zero attached hydrogens (tertiary/aromatic N) is 1. The van der Waals surface area contributed by atoms with Crippen molar-refractivity contribution in [1.29, 1.82) is 0 Å². The Balaban J connectivity index is 2.62. The van der Waals surface area contributed by atoms with Gasteiger partial charge in [-0.25, -0.2) is 13.4 Å². The molecule has 3 nitrogen and oxygen atoms in total. The molecular formula is C11H8BrNO2S. The standard InChI is InChI=1S/C11H8BrNO2S/c12-9-5-1-2-6-10(9)16(14,15)11-7-3-4-8-13-11/h1-8H. The normalized spacial score (nSPS) is 11.3. The zero-order valence-corrected chi connectivity index (χ0v) is 10.6. The summed E-state index contributed by atoms with van der Waals surface area (Å²) in [6, 6.07) is 11.5. The average molecular weight is 298 g/mol. The number of rotatable bonds is 2. The molecule has 1 aromatic carbocycles. The van der Waals surface area contributed by atoms with Gasteiger partial charge in [0.2, 0.25) is 9.84 Å². The van der Waals surface area contributed by atoms with Gasteiger partial charge in [-0.3, -0.25) is 0 Å². The van der Waals surface area contributed by atoms with E-state index < -0.39 is 9.84 Å². The van der Waals surface area contributed by atoms with Crippen molar-refractivity contribution in [2.75, 3.05) is 0 Å². The zero-order chi connectivity index (χ0) is 11.6. The van der Waals surface area contributed by atoms with Crippen LogP contribution in [0.15, 0.2) is 63.1 Å². The molecule has 0 fully saturated rings. The lowest BCUT2D eigenvalue weighted by Gasteiger charge is -2.04. The summed E-state index contributed by atoms with van der Waals surface area (Å²) in [5.41, 5.74) is 0. The van der Waals surface area contributed by atoms with Crippen molar-refractivity contribution >= 4 is 25.8 Å². The third-order valence-corrected chi connectivity index (χ3v) is 4.72. The Morgan fingerprint density at radius 3 is 2.31 bits per heavy atom. The summed E-state index contributed by atoms with van der Waals surface area (Å²) in [7, 11) is -3.53. The van der Waals surface area contributed by atoms with Gasteiger partial charge in [-0.1, -0.05) is 18.2 Å². The molecule has 1 aromatic heterocycles. The third-order valence-electron chi connectivity index (χ3n) is 2.04. The van der Waals surface area contributed by atoms with Gasteiger partial charge in [-0.05, 0) is 40.2 Å². The molecular weight excluding hydrogens is 290 g/mol. The summed E-state index contributed by atoms with van der Waals surface area (Å²) in [6.45, 7) is 0. The second kappa shape index (κ2) is 4.35. The van der Waals surface area contributed by atoms with E-state index in [0.717, 1.165) is 0 Å². The maximum atomic E-state index is 12.2. The van der Waals surface area contributed by atoms with Gasteiger partial charge in [-0.15, -0.1) is 0 Å². The number of pyridine rings is 1. The minimum absolute atomic E-state index is 0.0573. The largest absolute Gasteiger partial charge is 0.244 e. The molecule has 0 amide bonds. The number of hydrogen-bond acceptors (Lipinski definition) is 3. The Hall–Kier alpha value is -1.20. The molecule has 0 aliphatic carbocycles. The first-order chi connectivity index (χ1) is 7.62. The SMILES string of the molecule is O=S(=O)(c1ccccn1)c1ccccc1Br. The molecule has 0 saturated heterocycles. The Bertz CT molecular complexity index is 596. The van der Waals surface area contributed by atoms with E-state index in [-0.39, 0.29) is 9.92 Å². The molecule has 0 spiro atoms. The molecule has 16 heavy (non-hydrogen) atoms. The third kappa shape index (κ3) is 2.01. The smallest absolute Gasteiger partial charge is 0.224 e. The molecule has 0 N–H and O–H groups in total. The van der Waals surface area contributed by atoms with E-state index in [1.165, 1.54) is 12.3 Å². The van der Waals surface area contributed by atoms with Crippen molar-refractivity contribution < 1.29 is 8.42 Å². The first-order valence-corrected chi connectivity index (χ1v) is 6.80. The molecule has 0 unspecified atom stereocenters. The van der Waals surface area contributed by atoms with Crippen LogP contribution in [0, 0.1) is 0 Å². The van der Waals surface area contributed by atoms with Crippen LogP contribution in [-0.2, 0) is 9.84 Å². The number of aromatic nitrogens is 1. The van der Waals surface area contributed by atoms with E-state index in [9.17, 15) is 8.42 Å². The Morgan fingerprint density at radius 2 is 1.69 bits per heavy atom. The lowest BCUT2D eigenvalue weighted by Crippen LogP contribution is -2.04. The maximum absolute atomic E-state index is 12.2. The van der Waals surface area contributed by atoms with Crippen LogP contribution < -0.4 is 0 Å². The van der Waals surface area contributed by atoms with E-state index >= 15 is 0 Å². The topological polar surface area (TPSA) is 47.0 Å². The summed E-state index contributed by atoms with van der Waals surface area (Å²) in [5.74, 6) is 0. The summed E-state index contributed by atoms with van der Waals surface area (Å²) in [6.07, 6.45) is 1.46. The van der Waals surface area contributed by atoms with E-state index in [0.29, 0.717) is 4.47 Å². The highest BCUT2D eigenvalue weighted by Gasteiger charge is 2.20. The fourth-order valence-corrected chi connectivity index (χ4v) is 3.47. The predicted molar refractivity (Wildman–Crippen MR) is 63.8 cm³/mol. The molecule has 2 aromatic rings. The van der Waals surface area contributed by atoms with Gasteiger partial charge >= 0.3 is 0 Å². The highest BCUT2D eigenvalue weighted by molar-refractivity contribution is 9.10. The predicted octanol–water partition coefficient (Wildman–Crippen LogP) is 2.68. The first kappa shape index (κ1) is 11.3. The maximum Gasteiger partial charge on any atom is 0.224 e. The van der Waals surface area contributed by atoms with Crippen LogP contribution >= 0.6 is 15.9 Å². The summed E-state index contributed by atoms with van der Waals surface area (Å²) in [5, 5.41) is 0.0573. The number of sulfone groups is 1. The van der Waals surface area contributed by atoms with E-state index in [1.807, 2.05) is 0 Å². The highest BCUT2D eigenvalue weighted by atomic mass is 79.9. The van der Waals surface area contributed by atoms with Crippen molar-refractivity contribution in [3.63, 3.8) is 0 Å². The van der Waals surface area contributed by atoms with Crippen molar-refractivity contribution in [2.45, 2.75) is 9.92 Å². The van der Waals surface area contributed by atoms with E-state index in [1.54, 1.807) is 36.4 Å². The van der Waals surface area contributed by atoms with Crippen molar-refractivity contribution in [1.82, 2.24) is 4.98 Å². The monoisotopic (exact) mass is 297 g/mol. The summed E-state index contributed by atoms with van der Waals surface area (Å²) >= 11 is 3.22. The quantitative estimate of drug-likeness (QED) is 0.856. The fraction of sp³-hybridized carbons (Fsp3) is 0. The Labute approximate surface area is 102 Å². The molecule has 1 heterocycles. The molecule has 0 aliphatic rings.